The summed E-state index contributed by atoms with van der Waals surface area (Å²) in [6.07, 6.45) is 50.6. The fourth-order valence-corrected chi connectivity index (χ4v) is 6.48. The molecule has 0 radical (unpaired) electrons. The van der Waals surface area contributed by atoms with Crippen molar-refractivity contribution in [3.63, 3.8) is 0 Å². The first-order valence-electron chi connectivity index (χ1n) is 19.8. The van der Waals surface area contributed by atoms with Crippen LogP contribution in [0.25, 0.3) is 0 Å². The largest absolute Gasteiger partial charge is 0.261 e. The van der Waals surface area contributed by atoms with Gasteiger partial charge in [-0.15, -0.1) is 0 Å². The first kappa shape index (κ1) is 39.2. The van der Waals surface area contributed by atoms with E-state index in [0.29, 0.717) is 0 Å². The van der Waals surface area contributed by atoms with Crippen molar-refractivity contribution in [2.45, 2.75) is 232 Å². The van der Waals surface area contributed by atoms with Gasteiger partial charge in [-0.05, 0) is 37.3 Å². The summed E-state index contributed by atoms with van der Waals surface area (Å²) >= 11 is 0. The number of hydrogen-bond donors (Lipinski definition) is 0. The first-order chi connectivity index (χ1) is 20.9. The Kier molecular flexibility index (Phi) is 30.8. The Labute approximate surface area is 266 Å². The topological polar surface area (TPSA) is 12.9 Å². The number of pyridine rings is 1. The normalized spacial score (nSPS) is 11.5. The van der Waals surface area contributed by atoms with Crippen molar-refractivity contribution in [3.8, 4) is 0 Å². The van der Waals surface area contributed by atoms with E-state index in [1.54, 1.807) is 0 Å². The van der Waals surface area contributed by atoms with Gasteiger partial charge in [-0.3, -0.25) is 4.98 Å². The van der Waals surface area contributed by atoms with Crippen molar-refractivity contribution in [1.29, 1.82) is 0 Å². The molecule has 0 bridgehead atoms. The van der Waals surface area contributed by atoms with E-state index in [1.165, 1.54) is 223 Å². The lowest BCUT2D eigenvalue weighted by molar-refractivity contribution is 0.529. The van der Waals surface area contributed by atoms with E-state index in [0.717, 1.165) is 6.42 Å². The molecule has 0 saturated heterocycles. The number of unbranched alkanes of at least 4 members (excludes halogenated alkanes) is 30. The molecular formula is C41H77N. The standard InChI is InChI=1S/C41H77N/c1-3-5-7-9-11-13-15-17-19-21-23-25-27-29-31-33-35-40-37-38-41(42-39-40)36-34-32-30-28-26-24-22-20-18-16-14-12-10-8-6-4-2/h37-39H,3-36H2,1-2H3. The highest BCUT2D eigenvalue weighted by molar-refractivity contribution is 5.14. The zero-order valence-corrected chi connectivity index (χ0v) is 29.2. The second-order valence-corrected chi connectivity index (χ2v) is 13.8. The predicted molar refractivity (Wildman–Crippen MR) is 191 cm³/mol. The zero-order valence-electron chi connectivity index (χ0n) is 29.2. The average Bonchev–Trinajstić information content (AvgIpc) is 3.01. The highest BCUT2D eigenvalue weighted by Crippen LogP contribution is 2.16. The van der Waals surface area contributed by atoms with Crippen LogP contribution in [0.2, 0.25) is 0 Å². The van der Waals surface area contributed by atoms with E-state index < -0.39 is 0 Å². The molecule has 0 N–H and O–H groups in total. The molecule has 0 spiro atoms. The fraction of sp³-hybridized carbons (Fsp3) is 0.878. The molecule has 0 aliphatic carbocycles. The van der Waals surface area contributed by atoms with Crippen LogP contribution in [-0.2, 0) is 12.8 Å². The molecule has 1 heteroatoms. The van der Waals surface area contributed by atoms with Crippen LogP contribution >= 0.6 is 0 Å². The molecule has 42 heavy (non-hydrogen) atoms. The lowest BCUT2D eigenvalue weighted by Gasteiger charge is -2.05. The van der Waals surface area contributed by atoms with Gasteiger partial charge < -0.3 is 0 Å². The van der Waals surface area contributed by atoms with Crippen LogP contribution in [0.1, 0.15) is 231 Å². The molecule has 0 fully saturated rings. The number of aryl methyl sites for hydroxylation is 2. The lowest BCUT2D eigenvalue weighted by Crippen LogP contribution is -1.93. The van der Waals surface area contributed by atoms with Crippen LogP contribution in [-0.4, -0.2) is 4.98 Å². The van der Waals surface area contributed by atoms with Gasteiger partial charge in [0.15, 0.2) is 0 Å². The third kappa shape index (κ3) is 28.0. The summed E-state index contributed by atoms with van der Waals surface area (Å²) in [5, 5.41) is 0. The summed E-state index contributed by atoms with van der Waals surface area (Å²) in [7, 11) is 0. The Balaban J connectivity index is 1.81. The minimum Gasteiger partial charge on any atom is -0.261 e. The van der Waals surface area contributed by atoms with Gasteiger partial charge in [-0.2, -0.15) is 0 Å². The first-order valence-corrected chi connectivity index (χ1v) is 19.8. The van der Waals surface area contributed by atoms with E-state index in [1.807, 2.05) is 0 Å². The van der Waals surface area contributed by atoms with Crippen molar-refractivity contribution >= 4 is 0 Å². The Morgan fingerprint density at radius 3 is 0.905 bits per heavy atom. The van der Waals surface area contributed by atoms with E-state index in [-0.39, 0.29) is 0 Å². The van der Waals surface area contributed by atoms with Crippen molar-refractivity contribution in [2.24, 2.45) is 0 Å². The summed E-state index contributed by atoms with van der Waals surface area (Å²) in [5.41, 5.74) is 2.74. The predicted octanol–water partition coefficient (Wildman–Crippen LogP) is 14.7. The molecule has 0 unspecified atom stereocenters. The third-order valence-electron chi connectivity index (χ3n) is 9.49. The summed E-state index contributed by atoms with van der Waals surface area (Å²) in [5.74, 6) is 0. The van der Waals surface area contributed by atoms with E-state index in [2.05, 4.69) is 32.2 Å². The highest BCUT2D eigenvalue weighted by Gasteiger charge is 2.00. The smallest absolute Gasteiger partial charge is 0.0403 e. The van der Waals surface area contributed by atoms with Crippen molar-refractivity contribution in [2.75, 3.05) is 0 Å². The van der Waals surface area contributed by atoms with Crippen LogP contribution in [0, 0.1) is 0 Å². The quantitative estimate of drug-likeness (QED) is 0.0735. The molecular weight excluding hydrogens is 506 g/mol. The Hall–Kier alpha value is -0.850. The molecule has 1 heterocycles. The molecule has 246 valence electrons. The van der Waals surface area contributed by atoms with Gasteiger partial charge in [0.05, 0.1) is 0 Å². The number of hydrogen-bond acceptors (Lipinski definition) is 1. The van der Waals surface area contributed by atoms with Gasteiger partial charge in [-0.25, -0.2) is 0 Å². The molecule has 1 aromatic heterocycles. The lowest BCUT2D eigenvalue weighted by atomic mass is 10.0. The van der Waals surface area contributed by atoms with E-state index >= 15 is 0 Å². The SMILES string of the molecule is CCCCCCCCCCCCCCCCCCc1ccc(CCCCCCCCCCCCCCCCCC)nc1. The summed E-state index contributed by atoms with van der Waals surface area (Å²) in [4.78, 5) is 4.78. The average molecular weight is 584 g/mol. The Bertz CT molecular complexity index is 565. The fourth-order valence-electron chi connectivity index (χ4n) is 6.48. The second kappa shape index (κ2) is 33.1. The molecule has 0 aliphatic heterocycles. The monoisotopic (exact) mass is 584 g/mol. The van der Waals surface area contributed by atoms with E-state index in [9.17, 15) is 0 Å². The summed E-state index contributed by atoms with van der Waals surface area (Å²) in [6, 6.07) is 4.65. The van der Waals surface area contributed by atoms with Crippen LogP contribution in [0.3, 0.4) is 0 Å². The molecule has 0 saturated carbocycles. The number of aromatic nitrogens is 1. The van der Waals surface area contributed by atoms with Crippen LogP contribution < -0.4 is 0 Å². The molecule has 0 aromatic carbocycles. The molecule has 0 amide bonds. The maximum atomic E-state index is 4.78. The van der Waals surface area contributed by atoms with Crippen LogP contribution in [0.5, 0.6) is 0 Å². The zero-order chi connectivity index (χ0) is 30.0. The maximum Gasteiger partial charge on any atom is 0.0403 e. The maximum absolute atomic E-state index is 4.78. The van der Waals surface area contributed by atoms with Crippen molar-refractivity contribution in [3.05, 3.63) is 29.6 Å². The summed E-state index contributed by atoms with van der Waals surface area (Å²) < 4.78 is 0. The third-order valence-corrected chi connectivity index (χ3v) is 9.49. The molecule has 1 rings (SSSR count). The Morgan fingerprint density at radius 2 is 0.619 bits per heavy atom. The van der Waals surface area contributed by atoms with E-state index in [4.69, 9.17) is 4.98 Å². The van der Waals surface area contributed by atoms with Crippen LogP contribution in [0.4, 0.5) is 0 Å². The number of rotatable bonds is 34. The molecule has 0 atom stereocenters. The van der Waals surface area contributed by atoms with Gasteiger partial charge in [0.1, 0.15) is 0 Å². The Morgan fingerprint density at radius 1 is 0.333 bits per heavy atom. The number of nitrogens with zero attached hydrogens (tertiary/aromatic N) is 1. The highest BCUT2D eigenvalue weighted by atomic mass is 14.7. The second-order valence-electron chi connectivity index (χ2n) is 13.8. The summed E-state index contributed by atoms with van der Waals surface area (Å²) in [6.45, 7) is 4.61. The minimum atomic E-state index is 1.16. The van der Waals surface area contributed by atoms with Gasteiger partial charge in [0.25, 0.3) is 0 Å². The molecule has 0 aliphatic rings. The van der Waals surface area contributed by atoms with Gasteiger partial charge in [0, 0.05) is 11.9 Å². The van der Waals surface area contributed by atoms with Gasteiger partial charge in [0.2, 0.25) is 0 Å². The van der Waals surface area contributed by atoms with Crippen molar-refractivity contribution in [1.82, 2.24) is 4.98 Å². The minimum absolute atomic E-state index is 1.16. The van der Waals surface area contributed by atoms with Gasteiger partial charge in [-0.1, -0.05) is 213 Å². The molecule has 1 nitrogen and oxygen atoms in total. The van der Waals surface area contributed by atoms with Crippen LogP contribution in [0.15, 0.2) is 18.3 Å². The molecule has 1 aromatic rings. The van der Waals surface area contributed by atoms with Gasteiger partial charge >= 0.3 is 0 Å². The van der Waals surface area contributed by atoms with Crippen molar-refractivity contribution < 1.29 is 0 Å².